The molecular weight excluding hydrogens is 402 g/mol. The molecule has 2 saturated heterocycles. The summed E-state index contributed by atoms with van der Waals surface area (Å²) in [6, 6.07) is 7.19. The Hall–Kier alpha value is -2.39. The second kappa shape index (κ2) is 9.61. The fourth-order valence-corrected chi connectivity index (χ4v) is 4.73. The van der Waals surface area contributed by atoms with Crippen molar-refractivity contribution in [3.05, 3.63) is 35.7 Å². The van der Waals surface area contributed by atoms with Crippen LogP contribution in [0.1, 0.15) is 41.9 Å². The first kappa shape index (κ1) is 20.9. The number of nitrogens with zero attached hydrogens (tertiary/aromatic N) is 4. The number of hydrogen-bond donors (Lipinski definition) is 1. The maximum Gasteiger partial charge on any atom is 0.251 e. The zero-order valence-electron chi connectivity index (χ0n) is 17.2. The molecule has 0 unspecified atom stereocenters. The Morgan fingerprint density at radius 1 is 1.27 bits per heavy atom. The highest BCUT2D eigenvalue weighted by Gasteiger charge is 2.22. The van der Waals surface area contributed by atoms with E-state index in [-0.39, 0.29) is 11.8 Å². The third-order valence-corrected chi connectivity index (χ3v) is 6.65. The second-order valence-electron chi connectivity index (χ2n) is 7.61. The molecule has 0 saturated carbocycles. The standard InChI is InChI=1S/C21H27N5O3S/c1-25-18(23-24-21(25)30-14-17-4-3-13-29-17)10-11-22-20(28)15-6-8-16(9-7-15)26-12-2-5-19(26)27/h6-9,17H,2-5,10-14H2,1H3,(H,22,28)/t17-/m1/s1. The lowest BCUT2D eigenvalue weighted by Crippen LogP contribution is -2.27. The highest BCUT2D eigenvalue weighted by molar-refractivity contribution is 7.99. The number of ether oxygens (including phenoxy) is 1. The summed E-state index contributed by atoms with van der Waals surface area (Å²) in [5.74, 6) is 1.74. The molecule has 1 atom stereocenters. The molecule has 160 valence electrons. The number of thioether (sulfide) groups is 1. The van der Waals surface area contributed by atoms with Crippen molar-refractivity contribution in [3.63, 3.8) is 0 Å². The van der Waals surface area contributed by atoms with E-state index in [0.29, 0.717) is 31.1 Å². The van der Waals surface area contributed by atoms with Crippen LogP contribution in [0.3, 0.4) is 0 Å². The van der Waals surface area contributed by atoms with Gasteiger partial charge in [0.25, 0.3) is 5.91 Å². The first-order valence-corrected chi connectivity index (χ1v) is 11.4. The molecule has 30 heavy (non-hydrogen) atoms. The van der Waals surface area contributed by atoms with Gasteiger partial charge >= 0.3 is 0 Å². The summed E-state index contributed by atoms with van der Waals surface area (Å²) in [5, 5.41) is 12.3. The number of carbonyl (C=O) groups is 2. The molecule has 0 aliphatic carbocycles. The molecule has 1 aromatic carbocycles. The normalized spacial score (nSPS) is 18.9. The number of anilines is 1. The van der Waals surface area contributed by atoms with Crippen molar-refractivity contribution in [1.82, 2.24) is 20.1 Å². The van der Waals surface area contributed by atoms with Crippen LogP contribution in [-0.4, -0.2) is 58.1 Å². The van der Waals surface area contributed by atoms with Crippen molar-refractivity contribution in [1.29, 1.82) is 0 Å². The van der Waals surface area contributed by atoms with Gasteiger partial charge in [-0.15, -0.1) is 10.2 Å². The van der Waals surface area contributed by atoms with Gasteiger partial charge in [-0.1, -0.05) is 11.8 Å². The molecule has 8 nitrogen and oxygen atoms in total. The van der Waals surface area contributed by atoms with Crippen molar-refractivity contribution < 1.29 is 14.3 Å². The Kier molecular flexibility index (Phi) is 6.69. The predicted octanol–water partition coefficient (Wildman–Crippen LogP) is 2.19. The van der Waals surface area contributed by atoms with E-state index in [1.165, 1.54) is 0 Å². The average Bonchev–Trinajstić information content (AvgIpc) is 3.50. The largest absolute Gasteiger partial charge is 0.377 e. The third kappa shape index (κ3) is 4.84. The highest BCUT2D eigenvalue weighted by Crippen LogP contribution is 2.23. The Morgan fingerprint density at radius 2 is 2.10 bits per heavy atom. The molecule has 2 aliphatic heterocycles. The van der Waals surface area contributed by atoms with Gasteiger partial charge in [-0.05, 0) is 43.5 Å². The fourth-order valence-electron chi connectivity index (χ4n) is 3.74. The van der Waals surface area contributed by atoms with Gasteiger partial charge in [-0.25, -0.2) is 0 Å². The number of nitrogens with one attached hydrogen (secondary N) is 1. The number of hydrogen-bond acceptors (Lipinski definition) is 6. The van der Waals surface area contributed by atoms with Crippen LogP contribution >= 0.6 is 11.8 Å². The summed E-state index contributed by atoms with van der Waals surface area (Å²) in [4.78, 5) is 26.0. The van der Waals surface area contributed by atoms with E-state index in [1.54, 1.807) is 28.8 Å². The SMILES string of the molecule is Cn1c(CCNC(=O)c2ccc(N3CCCC3=O)cc2)nnc1SC[C@H]1CCCO1. The molecule has 9 heteroatoms. The van der Waals surface area contributed by atoms with Gasteiger partial charge in [0.05, 0.1) is 6.10 Å². The number of carbonyl (C=O) groups excluding carboxylic acids is 2. The maximum atomic E-state index is 12.4. The van der Waals surface area contributed by atoms with Crippen LogP contribution in [-0.2, 0) is 23.0 Å². The Balaban J connectivity index is 1.25. The molecule has 0 bridgehead atoms. The monoisotopic (exact) mass is 429 g/mol. The first-order valence-electron chi connectivity index (χ1n) is 10.4. The minimum atomic E-state index is -0.135. The van der Waals surface area contributed by atoms with E-state index in [1.807, 2.05) is 23.7 Å². The van der Waals surface area contributed by atoms with Gasteiger partial charge in [0, 0.05) is 56.6 Å². The smallest absolute Gasteiger partial charge is 0.251 e. The average molecular weight is 430 g/mol. The van der Waals surface area contributed by atoms with Crippen molar-refractivity contribution in [3.8, 4) is 0 Å². The Labute approximate surface area is 180 Å². The lowest BCUT2D eigenvalue weighted by molar-refractivity contribution is -0.117. The third-order valence-electron chi connectivity index (χ3n) is 5.50. The number of rotatable bonds is 8. The van der Waals surface area contributed by atoms with Crippen LogP contribution in [0.25, 0.3) is 0 Å². The maximum absolute atomic E-state index is 12.4. The van der Waals surface area contributed by atoms with Crippen LogP contribution in [0, 0.1) is 0 Å². The summed E-state index contributed by atoms with van der Waals surface area (Å²) in [6.45, 7) is 2.08. The molecular formula is C21H27N5O3S. The van der Waals surface area contributed by atoms with Gasteiger partial charge in [-0.2, -0.15) is 0 Å². The summed E-state index contributed by atoms with van der Waals surface area (Å²) in [7, 11) is 1.95. The van der Waals surface area contributed by atoms with Crippen LogP contribution < -0.4 is 10.2 Å². The van der Waals surface area contributed by atoms with E-state index >= 15 is 0 Å². The Morgan fingerprint density at radius 3 is 2.80 bits per heavy atom. The highest BCUT2D eigenvalue weighted by atomic mass is 32.2. The van der Waals surface area contributed by atoms with Crippen molar-refractivity contribution in [2.24, 2.45) is 7.05 Å². The van der Waals surface area contributed by atoms with Crippen LogP contribution in [0.4, 0.5) is 5.69 Å². The molecule has 2 aliphatic rings. The fraction of sp³-hybridized carbons (Fsp3) is 0.524. The molecule has 1 aromatic heterocycles. The zero-order chi connectivity index (χ0) is 20.9. The minimum Gasteiger partial charge on any atom is -0.377 e. The number of amides is 2. The molecule has 1 N–H and O–H groups in total. The zero-order valence-corrected chi connectivity index (χ0v) is 18.0. The van der Waals surface area contributed by atoms with Gasteiger partial charge in [0.15, 0.2) is 5.16 Å². The summed E-state index contributed by atoms with van der Waals surface area (Å²) < 4.78 is 7.63. The van der Waals surface area contributed by atoms with E-state index in [2.05, 4.69) is 15.5 Å². The molecule has 4 rings (SSSR count). The quantitative estimate of drug-likeness (QED) is 0.647. The van der Waals surface area contributed by atoms with E-state index in [0.717, 1.165) is 54.8 Å². The number of benzene rings is 1. The van der Waals surface area contributed by atoms with Gasteiger partial charge in [-0.3, -0.25) is 9.59 Å². The minimum absolute atomic E-state index is 0.135. The van der Waals surface area contributed by atoms with Gasteiger partial charge in [0.2, 0.25) is 5.91 Å². The van der Waals surface area contributed by atoms with Crippen LogP contribution in [0.2, 0.25) is 0 Å². The van der Waals surface area contributed by atoms with Crippen LogP contribution in [0.15, 0.2) is 29.4 Å². The van der Waals surface area contributed by atoms with Crippen molar-refractivity contribution in [2.75, 3.05) is 30.3 Å². The molecule has 2 aromatic rings. The van der Waals surface area contributed by atoms with Gasteiger partial charge < -0.3 is 19.5 Å². The molecule has 3 heterocycles. The lowest BCUT2D eigenvalue weighted by Gasteiger charge is -2.15. The van der Waals surface area contributed by atoms with Crippen LogP contribution in [0.5, 0.6) is 0 Å². The summed E-state index contributed by atoms with van der Waals surface area (Å²) in [6.07, 6.45) is 4.64. The van der Waals surface area contributed by atoms with E-state index in [4.69, 9.17) is 4.74 Å². The van der Waals surface area contributed by atoms with Crippen molar-refractivity contribution >= 4 is 29.3 Å². The topological polar surface area (TPSA) is 89.4 Å². The lowest BCUT2D eigenvalue weighted by atomic mass is 10.2. The molecule has 0 radical (unpaired) electrons. The second-order valence-corrected chi connectivity index (χ2v) is 8.59. The summed E-state index contributed by atoms with van der Waals surface area (Å²) >= 11 is 1.66. The Bertz CT molecular complexity index is 893. The van der Waals surface area contributed by atoms with E-state index < -0.39 is 0 Å². The molecule has 2 fully saturated rings. The molecule has 0 spiro atoms. The summed E-state index contributed by atoms with van der Waals surface area (Å²) in [5.41, 5.74) is 1.43. The first-order chi connectivity index (χ1) is 14.6. The van der Waals surface area contributed by atoms with E-state index in [9.17, 15) is 9.59 Å². The number of aromatic nitrogens is 3. The molecule has 2 amide bonds. The van der Waals surface area contributed by atoms with Crippen molar-refractivity contribution in [2.45, 2.75) is 43.4 Å². The van der Waals surface area contributed by atoms with Gasteiger partial charge in [0.1, 0.15) is 5.82 Å². The predicted molar refractivity (Wildman–Crippen MR) is 115 cm³/mol.